The minimum Gasteiger partial charge on any atom is -0.481 e. The van der Waals surface area contributed by atoms with Gasteiger partial charge in [0.1, 0.15) is 6.04 Å². The van der Waals surface area contributed by atoms with Crippen LogP contribution in [0.2, 0.25) is 0 Å². The fourth-order valence-electron chi connectivity index (χ4n) is 3.01. The number of carboxylic acids is 2. The SMILES string of the molecule is CCC1C[C@H](C(=O)NC(CC(C)C)C(=O)O)[C@H](C(=O)O)C1. The zero-order valence-electron chi connectivity index (χ0n) is 12.8. The van der Waals surface area contributed by atoms with Gasteiger partial charge in [-0.05, 0) is 31.1 Å². The van der Waals surface area contributed by atoms with Crippen LogP contribution in [0, 0.1) is 23.7 Å². The van der Waals surface area contributed by atoms with E-state index < -0.39 is 35.7 Å². The van der Waals surface area contributed by atoms with Crippen LogP contribution in [0.5, 0.6) is 0 Å². The van der Waals surface area contributed by atoms with Crippen molar-refractivity contribution in [2.24, 2.45) is 23.7 Å². The van der Waals surface area contributed by atoms with Crippen molar-refractivity contribution in [3.8, 4) is 0 Å². The Morgan fingerprint density at radius 2 is 1.71 bits per heavy atom. The molecule has 1 aliphatic rings. The van der Waals surface area contributed by atoms with Crippen molar-refractivity contribution in [2.75, 3.05) is 0 Å². The Bertz CT molecular complexity index is 407. The number of hydrogen-bond donors (Lipinski definition) is 3. The van der Waals surface area contributed by atoms with Crippen molar-refractivity contribution in [3.63, 3.8) is 0 Å². The van der Waals surface area contributed by atoms with Crippen LogP contribution in [-0.2, 0) is 14.4 Å². The molecule has 1 rings (SSSR count). The predicted molar refractivity (Wildman–Crippen MR) is 76.7 cm³/mol. The number of rotatable bonds is 7. The Morgan fingerprint density at radius 3 is 2.14 bits per heavy atom. The van der Waals surface area contributed by atoms with Crippen LogP contribution < -0.4 is 5.32 Å². The predicted octanol–water partition coefficient (Wildman–Crippen LogP) is 1.74. The van der Waals surface area contributed by atoms with Crippen molar-refractivity contribution in [1.29, 1.82) is 0 Å². The van der Waals surface area contributed by atoms with E-state index in [0.717, 1.165) is 6.42 Å². The Balaban J connectivity index is 2.75. The molecule has 0 bridgehead atoms. The molecule has 0 aromatic carbocycles. The highest BCUT2D eigenvalue weighted by atomic mass is 16.4. The van der Waals surface area contributed by atoms with E-state index in [0.29, 0.717) is 19.3 Å². The molecule has 0 aromatic rings. The number of carboxylic acid groups (broad SMARTS) is 2. The average Bonchev–Trinajstić information content (AvgIpc) is 2.81. The first kappa shape index (κ1) is 17.5. The highest BCUT2D eigenvalue weighted by Crippen LogP contribution is 2.38. The molecule has 6 heteroatoms. The highest BCUT2D eigenvalue weighted by Gasteiger charge is 2.42. The smallest absolute Gasteiger partial charge is 0.326 e. The van der Waals surface area contributed by atoms with Gasteiger partial charge in [0.15, 0.2) is 0 Å². The molecule has 6 nitrogen and oxygen atoms in total. The van der Waals surface area contributed by atoms with Crippen molar-refractivity contribution in [1.82, 2.24) is 5.32 Å². The van der Waals surface area contributed by atoms with E-state index in [-0.39, 0.29) is 11.8 Å². The first-order valence-corrected chi connectivity index (χ1v) is 7.52. The highest BCUT2D eigenvalue weighted by molar-refractivity contribution is 5.88. The maximum absolute atomic E-state index is 12.3. The second-order valence-electron chi connectivity index (χ2n) is 6.33. The van der Waals surface area contributed by atoms with E-state index in [2.05, 4.69) is 5.32 Å². The zero-order chi connectivity index (χ0) is 16.2. The molecular weight excluding hydrogens is 274 g/mol. The average molecular weight is 299 g/mol. The van der Waals surface area contributed by atoms with Crippen molar-refractivity contribution in [3.05, 3.63) is 0 Å². The summed E-state index contributed by atoms with van der Waals surface area (Å²) < 4.78 is 0. The van der Waals surface area contributed by atoms with Crippen LogP contribution in [0.25, 0.3) is 0 Å². The maximum Gasteiger partial charge on any atom is 0.326 e. The number of aliphatic carboxylic acids is 2. The number of amides is 1. The summed E-state index contributed by atoms with van der Waals surface area (Å²) in [6.45, 7) is 5.73. The molecule has 0 radical (unpaired) electrons. The fourth-order valence-corrected chi connectivity index (χ4v) is 3.01. The summed E-state index contributed by atoms with van der Waals surface area (Å²) in [7, 11) is 0. The molecule has 1 amide bonds. The lowest BCUT2D eigenvalue weighted by molar-refractivity contribution is -0.147. The zero-order valence-corrected chi connectivity index (χ0v) is 12.8. The Hall–Kier alpha value is -1.59. The number of carbonyl (C=O) groups is 3. The summed E-state index contributed by atoms with van der Waals surface area (Å²) in [6, 6.07) is -0.951. The molecule has 1 aliphatic carbocycles. The van der Waals surface area contributed by atoms with Crippen LogP contribution >= 0.6 is 0 Å². The van der Waals surface area contributed by atoms with Crippen LogP contribution in [0.1, 0.15) is 46.5 Å². The van der Waals surface area contributed by atoms with Gasteiger partial charge in [0.25, 0.3) is 0 Å². The van der Waals surface area contributed by atoms with Gasteiger partial charge in [-0.25, -0.2) is 4.79 Å². The van der Waals surface area contributed by atoms with E-state index in [1.54, 1.807) is 0 Å². The largest absolute Gasteiger partial charge is 0.481 e. The molecule has 2 unspecified atom stereocenters. The summed E-state index contributed by atoms with van der Waals surface area (Å²) in [5, 5.41) is 20.9. The monoisotopic (exact) mass is 299 g/mol. The van der Waals surface area contributed by atoms with Gasteiger partial charge in [-0.15, -0.1) is 0 Å². The minimum absolute atomic E-state index is 0.133. The second-order valence-corrected chi connectivity index (χ2v) is 6.33. The third kappa shape index (κ3) is 4.72. The van der Waals surface area contributed by atoms with Gasteiger partial charge in [-0.2, -0.15) is 0 Å². The van der Waals surface area contributed by atoms with Crippen molar-refractivity contribution in [2.45, 2.75) is 52.5 Å². The van der Waals surface area contributed by atoms with Gasteiger partial charge in [0.2, 0.25) is 5.91 Å². The molecular formula is C15H25NO5. The molecule has 0 saturated heterocycles. The maximum atomic E-state index is 12.3. The van der Waals surface area contributed by atoms with Gasteiger partial charge in [-0.3, -0.25) is 9.59 Å². The molecule has 120 valence electrons. The van der Waals surface area contributed by atoms with E-state index in [4.69, 9.17) is 5.11 Å². The number of hydrogen-bond acceptors (Lipinski definition) is 3. The van der Waals surface area contributed by atoms with Crippen molar-refractivity contribution < 1.29 is 24.6 Å². The number of carbonyl (C=O) groups excluding carboxylic acids is 1. The van der Waals surface area contributed by atoms with Gasteiger partial charge in [0.05, 0.1) is 11.8 Å². The van der Waals surface area contributed by atoms with E-state index in [9.17, 15) is 19.5 Å². The van der Waals surface area contributed by atoms with Crippen LogP contribution in [-0.4, -0.2) is 34.1 Å². The second kappa shape index (κ2) is 7.43. The molecule has 3 N–H and O–H groups in total. The van der Waals surface area contributed by atoms with Crippen molar-refractivity contribution >= 4 is 17.8 Å². The standard InChI is InChI=1S/C15H25NO5/c1-4-9-6-10(11(7-9)14(18)19)13(17)16-12(15(20)21)5-8(2)3/h8-12H,4-7H2,1-3H3,(H,16,17)(H,18,19)(H,20,21)/t9?,10-,11+,12?/m0/s1. The Labute approximate surface area is 124 Å². The summed E-state index contributed by atoms with van der Waals surface area (Å²) in [6.07, 6.45) is 2.18. The van der Waals surface area contributed by atoms with Gasteiger partial charge in [-0.1, -0.05) is 27.2 Å². The van der Waals surface area contributed by atoms with Crippen LogP contribution in [0.4, 0.5) is 0 Å². The molecule has 1 saturated carbocycles. The lowest BCUT2D eigenvalue weighted by atomic mass is 9.94. The lowest BCUT2D eigenvalue weighted by Crippen LogP contribution is -2.45. The minimum atomic E-state index is -1.08. The summed E-state index contributed by atoms with van der Waals surface area (Å²) in [5.74, 6) is -3.46. The third-order valence-corrected chi connectivity index (χ3v) is 4.21. The molecule has 0 aromatic heterocycles. The van der Waals surface area contributed by atoms with Crippen LogP contribution in [0.15, 0.2) is 0 Å². The Kier molecular flexibility index (Phi) is 6.18. The van der Waals surface area contributed by atoms with Crippen LogP contribution in [0.3, 0.4) is 0 Å². The molecule has 0 aliphatic heterocycles. The Morgan fingerprint density at radius 1 is 1.14 bits per heavy atom. The van der Waals surface area contributed by atoms with Gasteiger partial charge >= 0.3 is 11.9 Å². The van der Waals surface area contributed by atoms with Gasteiger partial charge < -0.3 is 15.5 Å². The molecule has 4 atom stereocenters. The first-order valence-electron chi connectivity index (χ1n) is 7.52. The molecule has 0 spiro atoms. The molecule has 21 heavy (non-hydrogen) atoms. The molecule has 1 fully saturated rings. The topological polar surface area (TPSA) is 104 Å². The van der Waals surface area contributed by atoms with Gasteiger partial charge in [0, 0.05) is 0 Å². The number of nitrogens with one attached hydrogen (secondary N) is 1. The normalized spacial score (nSPS) is 26.6. The quantitative estimate of drug-likeness (QED) is 0.664. The first-order chi connectivity index (χ1) is 9.76. The third-order valence-electron chi connectivity index (χ3n) is 4.21. The lowest BCUT2D eigenvalue weighted by Gasteiger charge is -2.21. The van der Waals surface area contributed by atoms with E-state index in [1.807, 2.05) is 20.8 Å². The fraction of sp³-hybridized carbons (Fsp3) is 0.800. The summed E-state index contributed by atoms with van der Waals surface area (Å²) in [4.78, 5) is 34.7. The summed E-state index contributed by atoms with van der Waals surface area (Å²) >= 11 is 0. The van der Waals surface area contributed by atoms with E-state index in [1.165, 1.54) is 0 Å². The van der Waals surface area contributed by atoms with E-state index >= 15 is 0 Å². The summed E-state index contributed by atoms with van der Waals surface area (Å²) in [5.41, 5.74) is 0. The molecule has 0 heterocycles.